The number of nitrogens with zero attached hydrogens (tertiary/aromatic N) is 3. The van der Waals surface area contributed by atoms with Crippen LogP contribution in [-0.4, -0.2) is 33.5 Å². The number of aromatic nitrogens is 3. The van der Waals surface area contributed by atoms with Crippen LogP contribution in [-0.2, 0) is 11.8 Å². The summed E-state index contributed by atoms with van der Waals surface area (Å²) >= 11 is 0. The minimum atomic E-state index is -0.484. The van der Waals surface area contributed by atoms with Gasteiger partial charge in [0.1, 0.15) is 0 Å². The molecule has 0 aliphatic heterocycles. The Morgan fingerprint density at radius 2 is 2.10 bits per heavy atom. The lowest BCUT2D eigenvalue weighted by molar-refractivity contribution is 0.0527. The summed E-state index contributed by atoms with van der Waals surface area (Å²) in [4.78, 5) is 25.0. The summed E-state index contributed by atoms with van der Waals surface area (Å²) in [6, 6.07) is 6.63. The molecule has 0 atom stereocenters. The highest BCUT2D eigenvalue weighted by atomic mass is 16.5. The van der Waals surface area contributed by atoms with Gasteiger partial charge in [0.25, 0.3) is 5.91 Å². The summed E-state index contributed by atoms with van der Waals surface area (Å²) < 4.78 is 4.94. The van der Waals surface area contributed by atoms with Gasteiger partial charge < -0.3 is 10.1 Å². The number of esters is 1. The Morgan fingerprint density at radius 1 is 1.35 bits per heavy atom. The first-order valence-electron chi connectivity index (χ1n) is 6.05. The maximum Gasteiger partial charge on any atom is 0.340 e. The van der Waals surface area contributed by atoms with Gasteiger partial charge >= 0.3 is 5.97 Å². The van der Waals surface area contributed by atoms with E-state index in [0.29, 0.717) is 11.3 Å². The van der Waals surface area contributed by atoms with Crippen molar-refractivity contribution in [1.29, 1.82) is 0 Å². The molecule has 0 saturated heterocycles. The Labute approximate surface area is 115 Å². The molecule has 1 aromatic carbocycles. The molecule has 0 aliphatic rings. The Kier molecular flexibility index (Phi) is 4.09. The number of hydrogen-bond acceptors (Lipinski definition) is 5. The number of benzene rings is 1. The Bertz CT molecular complexity index is 636. The summed E-state index contributed by atoms with van der Waals surface area (Å²) in [7, 11) is 1.61. The van der Waals surface area contributed by atoms with E-state index >= 15 is 0 Å². The normalized spacial score (nSPS) is 10.1. The fourth-order valence-electron chi connectivity index (χ4n) is 1.62. The molecule has 1 N–H and O–H groups in total. The lowest BCUT2D eigenvalue weighted by Crippen LogP contribution is -2.16. The third-order valence-electron chi connectivity index (χ3n) is 2.50. The minimum absolute atomic E-state index is 0.172. The molecular weight excluding hydrogens is 260 g/mol. The summed E-state index contributed by atoms with van der Waals surface area (Å²) in [5.74, 6) is -0.919. The quantitative estimate of drug-likeness (QED) is 0.848. The molecule has 1 amide bonds. The standard InChI is InChI=1S/C13H14N4O3/c1-3-20-13(19)9-6-4-5-7-10(9)15-12(18)11-8-14-17(2)16-11/h4-8H,3H2,1-2H3,(H,15,18). The van der Waals surface area contributed by atoms with Gasteiger partial charge in [-0.25, -0.2) is 4.79 Å². The van der Waals surface area contributed by atoms with Crippen molar-refractivity contribution in [2.24, 2.45) is 7.05 Å². The van der Waals surface area contributed by atoms with Crippen molar-refractivity contribution < 1.29 is 14.3 Å². The van der Waals surface area contributed by atoms with Crippen molar-refractivity contribution in [3.05, 3.63) is 41.7 Å². The molecule has 1 aromatic heterocycles. The zero-order valence-electron chi connectivity index (χ0n) is 11.2. The van der Waals surface area contributed by atoms with Crippen LogP contribution < -0.4 is 5.32 Å². The lowest BCUT2D eigenvalue weighted by atomic mass is 10.1. The zero-order chi connectivity index (χ0) is 14.5. The smallest absolute Gasteiger partial charge is 0.340 e. The fourth-order valence-corrected chi connectivity index (χ4v) is 1.62. The minimum Gasteiger partial charge on any atom is -0.462 e. The molecule has 7 nitrogen and oxygen atoms in total. The van der Waals surface area contributed by atoms with Gasteiger partial charge in [0.15, 0.2) is 5.69 Å². The molecule has 0 saturated carbocycles. The van der Waals surface area contributed by atoms with E-state index in [2.05, 4.69) is 15.5 Å². The molecule has 1 heterocycles. The Balaban J connectivity index is 2.21. The van der Waals surface area contributed by atoms with Gasteiger partial charge in [0, 0.05) is 7.05 Å². The number of nitrogens with one attached hydrogen (secondary N) is 1. The van der Waals surface area contributed by atoms with Gasteiger partial charge in [-0.15, -0.1) is 5.10 Å². The maximum absolute atomic E-state index is 12.0. The second kappa shape index (κ2) is 5.96. The van der Waals surface area contributed by atoms with E-state index in [9.17, 15) is 9.59 Å². The molecule has 0 bridgehead atoms. The Hall–Kier alpha value is -2.70. The number of anilines is 1. The SMILES string of the molecule is CCOC(=O)c1ccccc1NC(=O)c1cnn(C)n1. The third-order valence-corrected chi connectivity index (χ3v) is 2.50. The van der Waals surface area contributed by atoms with Gasteiger partial charge in [0.05, 0.1) is 24.1 Å². The van der Waals surface area contributed by atoms with Crippen LogP contribution in [0.2, 0.25) is 0 Å². The second-order valence-corrected chi connectivity index (χ2v) is 3.94. The molecule has 0 spiro atoms. The van der Waals surface area contributed by atoms with Crippen LogP contribution in [0.1, 0.15) is 27.8 Å². The number of hydrogen-bond donors (Lipinski definition) is 1. The van der Waals surface area contributed by atoms with E-state index in [0.717, 1.165) is 0 Å². The molecule has 0 aliphatic carbocycles. The maximum atomic E-state index is 12.0. The van der Waals surface area contributed by atoms with Crippen LogP contribution >= 0.6 is 0 Å². The number of aryl methyl sites for hydroxylation is 1. The van der Waals surface area contributed by atoms with Crippen molar-refractivity contribution in [3.63, 3.8) is 0 Å². The fraction of sp³-hybridized carbons (Fsp3) is 0.231. The molecule has 104 valence electrons. The Morgan fingerprint density at radius 3 is 2.75 bits per heavy atom. The topological polar surface area (TPSA) is 86.1 Å². The van der Waals surface area contributed by atoms with Crippen LogP contribution in [0.15, 0.2) is 30.5 Å². The highest BCUT2D eigenvalue weighted by molar-refractivity contribution is 6.06. The molecule has 0 radical (unpaired) electrons. The summed E-state index contributed by atoms with van der Waals surface area (Å²) in [6.45, 7) is 1.99. The molecular formula is C13H14N4O3. The number of amides is 1. The van der Waals surface area contributed by atoms with Gasteiger partial charge in [0.2, 0.25) is 0 Å². The highest BCUT2D eigenvalue weighted by Crippen LogP contribution is 2.17. The molecule has 0 fully saturated rings. The molecule has 2 aromatic rings. The first kappa shape index (κ1) is 13.7. The van der Waals surface area contributed by atoms with Crippen molar-refractivity contribution in [3.8, 4) is 0 Å². The van der Waals surface area contributed by atoms with Crippen LogP contribution in [0.5, 0.6) is 0 Å². The highest BCUT2D eigenvalue weighted by Gasteiger charge is 2.16. The molecule has 0 unspecified atom stereocenters. The van der Waals surface area contributed by atoms with E-state index in [-0.39, 0.29) is 12.3 Å². The summed E-state index contributed by atoms with van der Waals surface area (Å²) in [5.41, 5.74) is 0.847. The van der Waals surface area contributed by atoms with Crippen LogP contribution in [0.25, 0.3) is 0 Å². The van der Waals surface area contributed by atoms with E-state index in [1.54, 1.807) is 38.2 Å². The summed E-state index contributed by atoms with van der Waals surface area (Å²) in [6.07, 6.45) is 1.35. The average molecular weight is 274 g/mol. The molecule has 20 heavy (non-hydrogen) atoms. The van der Waals surface area contributed by atoms with E-state index in [1.165, 1.54) is 11.0 Å². The molecule has 7 heteroatoms. The zero-order valence-corrected chi connectivity index (χ0v) is 11.2. The second-order valence-electron chi connectivity index (χ2n) is 3.94. The van der Waals surface area contributed by atoms with E-state index in [1.807, 2.05) is 0 Å². The number of carbonyl (C=O) groups excluding carboxylic acids is 2. The average Bonchev–Trinajstić information content (AvgIpc) is 2.86. The van der Waals surface area contributed by atoms with Crippen LogP contribution in [0.3, 0.4) is 0 Å². The predicted octanol–water partition coefficient (Wildman–Crippen LogP) is 1.24. The number of ether oxygens (including phenoxy) is 1. The monoisotopic (exact) mass is 274 g/mol. The first-order valence-corrected chi connectivity index (χ1v) is 6.05. The van der Waals surface area contributed by atoms with Crippen molar-refractivity contribution in [2.45, 2.75) is 6.92 Å². The third kappa shape index (κ3) is 3.00. The van der Waals surface area contributed by atoms with E-state index < -0.39 is 11.9 Å². The van der Waals surface area contributed by atoms with Crippen molar-refractivity contribution >= 4 is 17.6 Å². The summed E-state index contributed by atoms with van der Waals surface area (Å²) in [5, 5.41) is 10.3. The first-order chi connectivity index (χ1) is 9.61. The van der Waals surface area contributed by atoms with Crippen LogP contribution in [0.4, 0.5) is 5.69 Å². The van der Waals surface area contributed by atoms with Crippen LogP contribution in [0, 0.1) is 0 Å². The van der Waals surface area contributed by atoms with E-state index in [4.69, 9.17) is 4.74 Å². The van der Waals surface area contributed by atoms with Crippen molar-refractivity contribution in [1.82, 2.24) is 15.0 Å². The number of rotatable bonds is 4. The number of para-hydroxylation sites is 1. The van der Waals surface area contributed by atoms with Gasteiger partial charge in [-0.3, -0.25) is 4.79 Å². The van der Waals surface area contributed by atoms with Gasteiger partial charge in [-0.05, 0) is 19.1 Å². The van der Waals surface area contributed by atoms with Crippen molar-refractivity contribution in [2.75, 3.05) is 11.9 Å². The van der Waals surface area contributed by atoms with Gasteiger partial charge in [-0.2, -0.15) is 9.90 Å². The van der Waals surface area contributed by atoms with Gasteiger partial charge in [-0.1, -0.05) is 12.1 Å². The number of carbonyl (C=O) groups is 2. The predicted molar refractivity (Wildman–Crippen MR) is 71.4 cm³/mol. The largest absolute Gasteiger partial charge is 0.462 e. The molecule has 2 rings (SSSR count). The lowest BCUT2D eigenvalue weighted by Gasteiger charge is -2.09.